The highest BCUT2D eigenvalue weighted by Crippen LogP contribution is 2.20. The number of nitrogens with zero attached hydrogens (tertiary/aromatic N) is 1. The average molecular weight is 248 g/mol. The van der Waals surface area contributed by atoms with Crippen LogP contribution in [0.5, 0.6) is 0 Å². The normalized spacial score (nSPS) is 14.1. The fourth-order valence-corrected chi connectivity index (χ4v) is 3.40. The van der Waals surface area contributed by atoms with E-state index in [-0.39, 0.29) is 11.8 Å². The van der Waals surface area contributed by atoms with Crippen molar-refractivity contribution in [2.75, 3.05) is 13.3 Å². The van der Waals surface area contributed by atoms with Crippen molar-refractivity contribution in [1.29, 1.82) is 0 Å². The highest BCUT2D eigenvalue weighted by atomic mass is 32.2. The van der Waals surface area contributed by atoms with E-state index in [1.807, 2.05) is 12.4 Å². The lowest BCUT2D eigenvalue weighted by Gasteiger charge is -2.09. The smallest absolute Gasteiger partial charge is 0.153 e. The van der Waals surface area contributed by atoms with Gasteiger partial charge in [0, 0.05) is 17.7 Å². The van der Waals surface area contributed by atoms with Crippen LogP contribution in [0.25, 0.3) is 0 Å². The first-order valence-electron chi connectivity index (χ1n) is 4.75. The summed E-state index contributed by atoms with van der Waals surface area (Å²) in [5, 5.41) is 5.73. The van der Waals surface area contributed by atoms with Crippen molar-refractivity contribution >= 4 is 21.2 Å². The van der Waals surface area contributed by atoms with E-state index in [0.717, 1.165) is 12.1 Å². The lowest BCUT2D eigenvalue weighted by molar-refractivity contribution is 0.563. The number of hydrogen-bond acceptors (Lipinski definition) is 5. The molecule has 0 amide bonds. The molecule has 0 fully saturated rings. The summed E-state index contributed by atoms with van der Waals surface area (Å²) < 4.78 is 22.1. The molecule has 4 nitrogen and oxygen atoms in total. The molecule has 15 heavy (non-hydrogen) atoms. The Kier molecular flexibility index (Phi) is 4.24. The van der Waals surface area contributed by atoms with Crippen LogP contribution in [0.1, 0.15) is 30.1 Å². The Morgan fingerprint density at radius 1 is 1.60 bits per heavy atom. The van der Waals surface area contributed by atoms with E-state index in [1.54, 1.807) is 0 Å². The zero-order chi connectivity index (χ0) is 11.5. The molecule has 0 aromatic carbocycles. The molecular formula is C9H16N2O2S2. The van der Waals surface area contributed by atoms with Crippen molar-refractivity contribution in [2.45, 2.75) is 25.1 Å². The molecule has 1 aromatic rings. The Balaban J connectivity index is 2.80. The minimum absolute atomic E-state index is 0.0395. The number of nitrogens with one attached hydrogen (secondary N) is 1. The summed E-state index contributed by atoms with van der Waals surface area (Å²) >= 11 is 1.41. The molecule has 0 aliphatic heterocycles. The van der Waals surface area contributed by atoms with Gasteiger partial charge in [-0.2, -0.15) is 0 Å². The van der Waals surface area contributed by atoms with E-state index in [1.165, 1.54) is 17.6 Å². The second kappa shape index (κ2) is 5.05. The molecule has 0 aliphatic carbocycles. The van der Waals surface area contributed by atoms with Gasteiger partial charge in [-0.3, -0.25) is 0 Å². The number of hydrogen-bond donors (Lipinski definition) is 1. The predicted molar refractivity (Wildman–Crippen MR) is 62.8 cm³/mol. The van der Waals surface area contributed by atoms with Gasteiger partial charge in [-0.05, 0) is 13.5 Å². The van der Waals surface area contributed by atoms with E-state index in [2.05, 4.69) is 17.2 Å². The summed E-state index contributed by atoms with van der Waals surface area (Å²) in [6.07, 6.45) is 2.17. The quantitative estimate of drug-likeness (QED) is 0.854. The van der Waals surface area contributed by atoms with Gasteiger partial charge >= 0.3 is 0 Å². The Bertz CT molecular complexity index is 408. The number of aromatic nitrogens is 1. The van der Waals surface area contributed by atoms with Crippen molar-refractivity contribution in [3.05, 3.63) is 16.1 Å². The monoisotopic (exact) mass is 248 g/mol. The van der Waals surface area contributed by atoms with Crippen LogP contribution in [0.3, 0.4) is 0 Å². The van der Waals surface area contributed by atoms with Gasteiger partial charge < -0.3 is 5.32 Å². The van der Waals surface area contributed by atoms with Crippen LogP contribution in [0.2, 0.25) is 0 Å². The van der Waals surface area contributed by atoms with E-state index in [4.69, 9.17) is 0 Å². The van der Waals surface area contributed by atoms with Gasteiger partial charge in [-0.25, -0.2) is 13.4 Å². The van der Waals surface area contributed by atoms with Crippen molar-refractivity contribution in [2.24, 2.45) is 0 Å². The van der Waals surface area contributed by atoms with Crippen molar-refractivity contribution in [3.8, 4) is 0 Å². The molecule has 86 valence electrons. The van der Waals surface area contributed by atoms with Gasteiger partial charge in [0.2, 0.25) is 0 Å². The van der Waals surface area contributed by atoms with Crippen LogP contribution in [-0.4, -0.2) is 26.7 Å². The maximum Gasteiger partial charge on any atom is 0.153 e. The van der Waals surface area contributed by atoms with Crippen molar-refractivity contribution in [1.82, 2.24) is 10.3 Å². The lowest BCUT2D eigenvalue weighted by Crippen LogP contribution is -2.15. The molecule has 1 aromatic heterocycles. The molecule has 1 heterocycles. The van der Waals surface area contributed by atoms with Crippen LogP contribution in [0, 0.1) is 0 Å². The first-order chi connectivity index (χ1) is 6.96. The van der Waals surface area contributed by atoms with Crippen molar-refractivity contribution in [3.63, 3.8) is 0 Å². The van der Waals surface area contributed by atoms with Crippen LogP contribution < -0.4 is 5.32 Å². The molecule has 0 spiro atoms. The van der Waals surface area contributed by atoms with E-state index in [9.17, 15) is 8.42 Å². The third-order valence-corrected chi connectivity index (χ3v) is 3.92. The first kappa shape index (κ1) is 12.6. The van der Waals surface area contributed by atoms with E-state index in [0.29, 0.717) is 5.01 Å². The third-order valence-electron chi connectivity index (χ3n) is 2.07. The third kappa shape index (κ3) is 3.89. The van der Waals surface area contributed by atoms with Crippen molar-refractivity contribution < 1.29 is 8.42 Å². The maximum absolute atomic E-state index is 11.1. The summed E-state index contributed by atoms with van der Waals surface area (Å²) in [7, 11) is -1.10. The summed E-state index contributed by atoms with van der Waals surface area (Å²) in [4.78, 5) is 4.31. The molecule has 0 saturated heterocycles. The summed E-state index contributed by atoms with van der Waals surface area (Å²) in [5.41, 5.74) is 0.934. The summed E-state index contributed by atoms with van der Waals surface area (Å²) in [5.74, 6) is 0.0395. The van der Waals surface area contributed by atoms with Crippen LogP contribution >= 0.6 is 11.3 Å². The van der Waals surface area contributed by atoms with Crippen LogP contribution in [0.15, 0.2) is 5.38 Å². The molecule has 1 N–H and O–H groups in total. The highest BCUT2D eigenvalue weighted by Gasteiger charge is 2.13. The van der Waals surface area contributed by atoms with Gasteiger partial charge in [-0.1, -0.05) is 6.92 Å². The minimum Gasteiger partial charge on any atom is -0.312 e. The largest absolute Gasteiger partial charge is 0.312 e. The van der Waals surface area contributed by atoms with Gasteiger partial charge in [0.1, 0.15) is 10.8 Å². The van der Waals surface area contributed by atoms with E-state index >= 15 is 0 Å². The molecule has 1 unspecified atom stereocenters. The van der Waals surface area contributed by atoms with Gasteiger partial charge in [0.25, 0.3) is 0 Å². The number of sulfone groups is 1. The zero-order valence-electron chi connectivity index (χ0n) is 9.15. The standard InChI is InChI=1S/C9H16N2O2S2/c1-4-7(10-2)8-5-14-9(11-8)6-15(3,12)13/h5,7,10H,4,6H2,1-3H3. The lowest BCUT2D eigenvalue weighted by atomic mass is 10.2. The highest BCUT2D eigenvalue weighted by molar-refractivity contribution is 7.90. The Hall–Kier alpha value is -0.460. The first-order valence-corrected chi connectivity index (χ1v) is 7.69. The second-order valence-electron chi connectivity index (χ2n) is 3.49. The van der Waals surface area contributed by atoms with Gasteiger partial charge in [0.05, 0.1) is 5.69 Å². The second-order valence-corrected chi connectivity index (χ2v) is 6.57. The maximum atomic E-state index is 11.1. The molecule has 0 saturated carbocycles. The molecule has 1 atom stereocenters. The summed E-state index contributed by atoms with van der Waals surface area (Å²) in [6.45, 7) is 2.07. The van der Waals surface area contributed by atoms with Crippen LogP contribution in [0.4, 0.5) is 0 Å². The predicted octanol–water partition coefficient (Wildman–Crippen LogP) is 1.36. The molecular weight excluding hydrogens is 232 g/mol. The number of rotatable bonds is 5. The SMILES string of the molecule is CCC(NC)c1csc(CS(C)(=O)=O)n1. The average Bonchev–Trinajstić information content (AvgIpc) is 2.52. The zero-order valence-corrected chi connectivity index (χ0v) is 10.8. The van der Waals surface area contributed by atoms with Gasteiger partial charge in [-0.15, -0.1) is 11.3 Å². The Labute approximate surface area is 94.7 Å². The van der Waals surface area contributed by atoms with E-state index < -0.39 is 9.84 Å². The molecule has 0 bridgehead atoms. The molecule has 0 radical (unpaired) electrons. The molecule has 0 aliphatic rings. The molecule has 6 heteroatoms. The fraction of sp³-hybridized carbons (Fsp3) is 0.667. The summed E-state index contributed by atoms with van der Waals surface area (Å²) in [6, 6.07) is 0.217. The fourth-order valence-electron chi connectivity index (χ4n) is 1.34. The van der Waals surface area contributed by atoms with Gasteiger partial charge in [0.15, 0.2) is 9.84 Å². The Morgan fingerprint density at radius 2 is 2.27 bits per heavy atom. The van der Waals surface area contributed by atoms with Crippen LogP contribution in [-0.2, 0) is 15.6 Å². The minimum atomic E-state index is -2.98. The number of thiazole rings is 1. The topological polar surface area (TPSA) is 59.1 Å². The Morgan fingerprint density at radius 3 is 2.73 bits per heavy atom. The molecule has 1 rings (SSSR count).